The predicted molar refractivity (Wildman–Crippen MR) is 73.7 cm³/mol. The van der Waals surface area contributed by atoms with Crippen LogP contribution in [-0.4, -0.2) is 43.6 Å². The number of morpholine rings is 1. The van der Waals surface area contributed by atoms with Gasteiger partial charge in [-0.15, -0.1) is 0 Å². The van der Waals surface area contributed by atoms with Gasteiger partial charge in [-0.1, -0.05) is 11.6 Å². The highest BCUT2D eigenvalue weighted by molar-refractivity contribution is 6.08. The molecule has 1 aromatic carbocycles. The van der Waals surface area contributed by atoms with Gasteiger partial charge in [0.15, 0.2) is 0 Å². The van der Waals surface area contributed by atoms with Crippen LogP contribution in [0.5, 0.6) is 0 Å². The summed E-state index contributed by atoms with van der Waals surface area (Å²) in [5.41, 5.74) is 3.03. The zero-order valence-corrected chi connectivity index (χ0v) is 11.2. The number of Topliss-reactive ketones (excluding diaryl/α,β-unsaturated/α-hetero) is 1. The molecule has 2 N–H and O–H groups in total. The lowest BCUT2D eigenvalue weighted by Crippen LogP contribution is -3.14. The van der Waals surface area contributed by atoms with E-state index in [4.69, 9.17) is 4.74 Å². The molecule has 0 bridgehead atoms. The minimum atomic E-state index is 0.216. The number of fused-ring (bicyclic) bond motifs is 1. The Labute approximate surface area is 112 Å². The Hall–Kier alpha value is -1.65. The van der Waals surface area contributed by atoms with E-state index in [0.29, 0.717) is 6.54 Å². The van der Waals surface area contributed by atoms with Crippen molar-refractivity contribution in [2.24, 2.45) is 0 Å². The van der Waals surface area contributed by atoms with E-state index in [2.05, 4.69) is 17.1 Å². The molecule has 0 aliphatic carbocycles. The second-order valence-corrected chi connectivity index (χ2v) is 5.21. The SMILES string of the molecule is Cc1ccc2[nH]cc(C(=O)C[NH+]3CCOCC3)c2c1. The highest BCUT2D eigenvalue weighted by Gasteiger charge is 2.20. The Kier molecular flexibility index (Phi) is 3.36. The normalized spacial score (nSPS) is 16.9. The number of benzene rings is 1. The molecule has 0 unspecified atom stereocenters. The van der Waals surface area contributed by atoms with Gasteiger partial charge in [0, 0.05) is 22.7 Å². The van der Waals surface area contributed by atoms with E-state index in [1.807, 2.05) is 19.2 Å². The number of quaternary nitrogens is 1. The van der Waals surface area contributed by atoms with Gasteiger partial charge >= 0.3 is 0 Å². The summed E-state index contributed by atoms with van der Waals surface area (Å²) in [6.07, 6.45) is 1.84. The van der Waals surface area contributed by atoms with Crippen molar-refractivity contribution in [1.82, 2.24) is 4.98 Å². The number of rotatable bonds is 3. The molecular formula is C15H19N2O2+. The highest BCUT2D eigenvalue weighted by Crippen LogP contribution is 2.19. The lowest BCUT2D eigenvalue weighted by Gasteiger charge is -2.22. The third-order valence-corrected chi connectivity index (χ3v) is 3.75. The smallest absolute Gasteiger partial charge is 0.219 e. The van der Waals surface area contributed by atoms with Gasteiger partial charge in [-0.05, 0) is 19.1 Å². The van der Waals surface area contributed by atoms with Gasteiger partial charge < -0.3 is 14.6 Å². The van der Waals surface area contributed by atoms with E-state index in [9.17, 15) is 4.79 Å². The van der Waals surface area contributed by atoms with Crippen molar-refractivity contribution in [3.05, 3.63) is 35.5 Å². The van der Waals surface area contributed by atoms with Gasteiger partial charge in [0.05, 0.1) is 13.2 Å². The molecule has 0 saturated carbocycles. The number of carbonyl (C=O) groups excluding carboxylic acids is 1. The van der Waals surface area contributed by atoms with Crippen LogP contribution >= 0.6 is 0 Å². The molecule has 3 rings (SSSR count). The van der Waals surface area contributed by atoms with Crippen LogP contribution < -0.4 is 4.90 Å². The van der Waals surface area contributed by atoms with Crippen LogP contribution in [0.15, 0.2) is 24.4 Å². The van der Waals surface area contributed by atoms with E-state index in [1.165, 1.54) is 10.5 Å². The minimum Gasteiger partial charge on any atom is -0.370 e. The molecule has 1 aliphatic rings. The molecule has 2 heterocycles. The topological polar surface area (TPSA) is 46.5 Å². The van der Waals surface area contributed by atoms with Crippen LogP contribution in [-0.2, 0) is 4.74 Å². The van der Waals surface area contributed by atoms with Crippen LogP contribution in [0.4, 0.5) is 0 Å². The monoisotopic (exact) mass is 259 g/mol. The fourth-order valence-electron chi connectivity index (χ4n) is 2.62. The van der Waals surface area contributed by atoms with Crippen LogP contribution in [0.3, 0.4) is 0 Å². The largest absolute Gasteiger partial charge is 0.370 e. The number of carbonyl (C=O) groups is 1. The van der Waals surface area contributed by atoms with Crippen molar-refractivity contribution < 1.29 is 14.4 Å². The molecule has 1 aromatic heterocycles. The number of aryl methyl sites for hydroxylation is 1. The van der Waals surface area contributed by atoms with Crippen molar-refractivity contribution in [3.8, 4) is 0 Å². The summed E-state index contributed by atoms with van der Waals surface area (Å²) in [7, 11) is 0. The average Bonchev–Trinajstić information content (AvgIpc) is 2.82. The molecule has 0 radical (unpaired) electrons. The quantitative estimate of drug-likeness (QED) is 0.792. The molecular weight excluding hydrogens is 240 g/mol. The molecule has 1 saturated heterocycles. The molecule has 1 fully saturated rings. The number of ether oxygens (including phenoxy) is 1. The fraction of sp³-hybridized carbons (Fsp3) is 0.400. The number of hydrogen-bond acceptors (Lipinski definition) is 2. The van der Waals surface area contributed by atoms with Gasteiger partial charge in [0.1, 0.15) is 19.6 Å². The molecule has 100 valence electrons. The van der Waals surface area contributed by atoms with Crippen LogP contribution in [0, 0.1) is 6.92 Å². The van der Waals surface area contributed by atoms with E-state index in [-0.39, 0.29) is 5.78 Å². The zero-order chi connectivity index (χ0) is 13.2. The van der Waals surface area contributed by atoms with Crippen molar-refractivity contribution in [2.45, 2.75) is 6.92 Å². The number of hydrogen-bond donors (Lipinski definition) is 2. The van der Waals surface area contributed by atoms with Crippen LogP contribution in [0.25, 0.3) is 10.9 Å². The highest BCUT2D eigenvalue weighted by atomic mass is 16.5. The van der Waals surface area contributed by atoms with E-state index in [1.54, 1.807) is 0 Å². The Bertz CT molecular complexity index is 597. The Morgan fingerprint density at radius 1 is 1.37 bits per heavy atom. The molecule has 2 aromatic rings. The number of nitrogens with one attached hydrogen (secondary N) is 2. The van der Waals surface area contributed by atoms with Gasteiger partial charge in [0.2, 0.25) is 5.78 Å². The molecule has 0 atom stereocenters. The summed E-state index contributed by atoms with van der Waals surface area (Å²) in [6, 6.07) is 6.16. The van der Waals surface area contributed by atoms with Gasteiger partial charge in [-0.25, -0.2) is 0 Å². The average molecular weight is 259 g/mol. The second-order valence-electron chi connectivity index (χ2n) is 5.21. The van der Waals surface area contributed by atoms with Crippen molar-refractivity contribution >= 4 is 16.7 Å². The van der Waals surface area contributed by atoms with Crippen LogP contribution in [0.1, 0.15) is 15.9 Å². The summed E-state index contributed by atoms with van der Waals surface area (Å²) in [5, 5.41) is 1.04. The first-order valence-corrected chi connectivity index (χ1v) is 6.76. The third-order valence-electron chi connectivity index (χ3n) is 3.75. The number of H-pyrrole nitrogens is 1. The summed E-state index contributed by atoms with van der Waals surface area (Å²) in [6.45, 7) is 5.98. The van der Waals surface area contributed by atoms with E-state index >= 15 is 0 Å². The van der Waals surface area contributed by atoms with Crippen LogP contribution in [0.2, 0.25) is 0 Å². The second kappa shape index (κ2) is 5.15. The Morgan fingerprint density at radius 2 is 2.16 bits per heavy atom. The zero-order valence-electron chi connectivity index (χ0n) is 11.2. The maximum Gasteiger partial charge on any atom is 0.219 e. The molecule has 4 heteroatoms. The fourth-order valence-corrected chi connectivity index (χ4v) is 2.62. The Balaban J connectivity index is 1.82. The van der Waals surface area contributed by atoms with E-state index < -0.39 is 0 Å². The molecule has 1 aliphatic heterocycles. The van der Waals surface area contributed by atoms with Crippen molar-refractivity contribution in [2.75, 3.05) is 32.8 Å². The Morgan fingerprint density at radius 3 is 2.95 bits per heavy atom. The predicted octanol–water partition coefficient (Wildman–Crippen LogP) is 0.574. The van der Waals surface area contributed by atoms with Gasteiger partial charge in [-0.2, -0.15) is 0 Å². The molecule has 0 spiro atoms. The number of aromatic amines is 1. The van der Waals surface area contributed by atoms with E-state index in [0.717, 1.165) is 42.8 Å². The first kappa shape index (κ1) is 12.4. The number of ketones is 1. The molecule has 0 amide bonds. The summed E-state index contributed by atoms with van der Waals surface area (Å²) in [5.74, 6) is 0.216. The summed E-state index contributed by atoms with van der Waals surface area (Å²) < 4.78 is 5.32. The minimum absolute atomic E-state index is 0.216. The lowest BCUT2D eigenvalue weighted by atomic mass is 10.1. The molecule has 19 heavy (non-hydrogen) atoms. The standard InChI is InChI=1S/C15H18N2O2/c1-11-2-3-14-12(8-11)13(9-16-14)15(18)10-17-4-6-19-7-5-17/h2-3,8-9,16H,4-7,10H2,1H3/p+1. The maximum absolute atomic E-state index is 12.4. The van der Waals surface area contributed by atoms with Gasteiger partial charge in [-0.3, -0.25) is 4.79 Å². The first-order chi connectivity index (χ1) is 9.24. The third kappa shape index (κ3) is 2.55. The first-order valence-electron chi connectivity index (χ1n) is 6.76. The summed E-state index contributed by atoms with van der Waals surface area (Å²) in [4.78, 5) is 16.9. The number of aromatic nitrogens is 1. The lowest BCUT2D eigenvalue weighted by molar-refractivity contribution is -0.899. The summed E-state index contributed by atoms with van der Waals surface area (Å²) >= 11 is 0. The maximum atomic E-state index is 12.4. The molecule has 4 nitrogen and oxygen atoms in total. The van der Waals surface area contributed by atoms with Crippen molar-refractivity contribution in [1.29, 1.82) is 0 Å². The van der Waals surface area contributed by atoms with Crippen molar-refractivity contribution in [3.63, 3.8) is 0 Å². The van der Waals surface area contributed by atoms with Gasteiger partial charge in [0.25, 0.3) is 0 Å².